The van der Waals surface area contributed by atoms with Gasteiger partial charge in [0.05, 0.1) is 0 Å². The summed E-state index contributed by atoms with van der Waals surface area (Å²) in [6.45, 7) is 0. The minimum atomic E-state index is 0.892. The zero-order valence-corrected chi connectivity index (χ0v) is 22.9. The van der Waals surface area contributed by atoms with E-state index >= 15 is 0 Å². The zero-order valence-electron chi connectivity index (χ0n) is 22.0. The lowest BCUT2D eigenvalue weighted by Gasteiger charge is -2.26. The largest absolute Gasteiger partial charge is 0.456 e. The molecule has 0 atom stereocenters. The van der Waals surface area contributed by atoms with Crippen LogP contribution in [0.4, 0.5) is 17.1 Å². The number of nitrogens with zero attached hydrogens (tertiary/aromatic N) is 1. The summed E-state index contributed by atoms with van der Waals surface area (Å²) >= 11 is 1.89. The summed E-state index contributed by atoms with van der Waals surface area (Å²) in [6.07, 6.45) is 0. The van der Waals surface area contributed by atoms with Crippen LogP contribution in [-0.4, -0.2) is 0 Å². The van der Waals surface area contributed by atoms with E-state index in [1.165, 1.54) is 41.7 Å². The second-order valence-corrected chi connectivity index (χ2v) is 11.6. The normalized spacial score (nSPS) is 11.9. The van der Waals surface area contributed by atoms with Crippen LogP contribution in [-0.2, 0) is 0 Å². The van der Waals surface area contributed by atoms with Crippen LogP contribution in [0.3, 0.4) is 0 Å². The lowest BCUT2D eigenvalue weighted by Crippen LogP contribution is -2.09. The van der Waals surface area contributed by atoms with Crippen LogP contribution in [0.5, 0.6) is 0 Å². The van der Waals surface area contributed by atoms with E-state index in [2.05, 4.69) is 132 Å². The lowest BCUT2D eigenvalue weighted by atomic mass is 9.99. The minimum absolute atomic E-state index is 0.892. The fourth-order valence-electron chi connectivity index (χ4n) is 6.32. The maximum Gasteiger partial charge on any atom is 0.137 e. The van der Waals surface area contributed by atoms with Gasteiger partial charge in [0.15, 0.2) is 0 Å². The van der Waals surface area contributed by atoms with Crippen molar-refractivity contribution in [1.82, 2.24) is 0 Å². The highest BCUT2D eigenvalue weighted by molar-refractivity contribution is 7.26. The minimum Gasteiger partial charge on any atom is -0.456 e. The molecule has 2 nitrogen and oxygen atoms in total. The SMILES string of the molecule is c1ccc(N(c2ccc3c(c2)oc2ccccc23)c2ccc3ccc4ccc5c6ccccc6sc5c4c3c2)cc1. The smallest absolute Gasteiger partial charge is 0.137 e. The maximum absolute atomic E-state index is 6.29. The Balaban J connectivity index is 1.32. The Morgan fingerprint density at radius 3 is 2.02 bits per heavy atom. The van der Waals surface area contributed by atoms with E-state index in [9.17, 15) is 0 Å². The van der Waals surface area contributed by atoms with Crippen LogP contribution >= 0.6 is 11.3 Å². The molecule has 0 amide bonds. The molecule has 41 heavy (non-hydrogen) atoms. The van der Waals surface area contributed by atoms with Crippen molar-refractivity contribution in [3.8, 4) is 0 Å². The molecule has 2 aromatic heterocycles. The molecule has 0 saturated carbocycles. The van der Waals surface area contributed by atoms with Gasteiger partial charge in [-0.25, -0.2) is 0 Å². The average molecular weight is 542 g/mol. The van der Waals surface area contributed by atoms with Gasteiger partial charge in [0.25, 0.3) is 0 Å². The summed E-state index contributed by atoms with van der Waals surface area (Å²) in [6, 6.07) is 50.0. The topological polar surface area (TPSA) is 16.4 Å². The molecule has 0 N–H and O–H groups in total. The molecule has 0 saturated heterocycles. The predicted octanol–water partition coefficient (Wildman–Crippen LogP) is 11.7. The van der Waals surface area contributed by atoms with Gasteiger partial charge in [-0.05, 0) is 64.7 Å². The van der Waals surface area contributed by atoms with Crippen molar-refractivity contribution in [3.63, 3.8) is 0 Å². The van der Waals surface area contributed by atoms with Crippen molar-refractivity contribution in [1.29, 1.82) is 0 Å². The van der Waals surface area contributed by atoms with Crippen LogP contribution < -0.4 is 4.90 Å². The van der Waals surface area contributed by atoms with Gasteiger partial charge in [0.1, 0.15) is 11.2 Å². The van der Waals surface area contributed by atoms with E-state index in [-0.39, 0.29) is 0 Å². The zero-order chi connectivity index (χ0) is 26.9. The van der Waals surface area contributed by atoms with Gasteiger partial charge in [-0.1, -0.05) is 84.9 Å². The third-order valence-corrected chi connectivity index (χ3v) is 9.43. The Morgan fingerprint density at radius 2 is 1.10 bits per heavy atom. The Labute approximate surface area is 240 Å². The first-order chi connectivity index (χ1) is 20.3. The molecular formula is C38H23NOS. The molecule has 9 rings (SSSR count). The number of rotatable bonds is 3. The first-order valence-electron chi connectivity index (χ1n) is 13.9. The highest BCUT2D eigenvalue weighted by Crippen LogP contribution is 2.44. The van der Waals surface area contributed by atoms with Crippen molar-refractivity contribution in [2.45, 2.75) is 0 Å². The number of hydrogen-bond donors (Lipinski definition) is 0. The van der Waals surface area contributed by atoms with Gasteiger partial charge in [0, 0.05) is 59.5 Å². The third kappa shape index (κ3) is 3.43. The maximum atomic E-state index is 6.29. The number of furan rings is 1. The molecule has 7 aromatic carbocycles. The number of hydrogen-bond acceptors (Lipinski definition) is 3. The van der Waals surface area contributed by atoms with Crippen LogP contribution in [0, 0.1) is 0 Å². The standard InChI is InChI=1S/C38H23NOS/c1-2-8-26(9-3-1)39(28-19-21-30-29-10-4-6-12-34(29)40-35(30)23-28)27-18-16-24-14-15-25-17-20-32-31-11-5-7-13-36(31)41-38(32)37(25)33(24)22-27/h1-23H. The van der Waals surface area contributed by atoms with Crippen molar-refractivity contribution in [3.05, 3.63) is 140 Å². The molecule has 0 fully saturated rings. The van der Waals surface area contributed by atoms with Crippen molar-refractivity contribution in [2.75, 3.05) is 4.90 Å². The Kier molecular flexibility index (Phi) is 4.80. The van der Waals surface area contributed by atoms with Crippen molar-refractivity contribution < 1.29 is 4.42 Å². The Hall–Kier alpha value is -5.12. The molecule has 0 aliphatic heterocycles. The fraction of sp³-hybridized carbons (Fsp3) is 0. The number of anilines is 3. The summed E-state index contributed by atoms with van der Waals surface area (Å²) in [7, 11) is 0. The van der Waals surface area contributed by atoms with Crippen LogP contribution in [0.2, 0.25) is 0 Å². The van der Waals surface area contributed by atoms with E-state index in [1.54, 1.807) is 0 Å². The molecule has 192 valence electrons. The van der Waals surface area contributed by atoms with Gasteiger partial charge in [-0.2, -0.15) is 0 Å². The van der Waals surface area contributed by atoms with Gasteiger partial charge < -0.3 is 9.32 Å². The summed E-state index contributed by atoms with van der Waals surface area (Å²) in [5.41, 5.74) is 5.09. The van der Waals surface area contributed by atoms with Crippen LogP contribution in [0.1, 0.15) is 0 Å². The van der Waals surface area contributed by atoms with E-state index in [0.717, 1.165) is 39.0 Å². The molecule has 0 radical (unpaired) electrons. The molecule has 0 spiro atoms. The highest BCUT2D eigenvalue weighted by Gasteiger charge is 2.17. The number of thiophene rings is 1. The van der Waals surface area contributed by atoms with Gasteiger partial charge >= 0.3 is 0 Å². The number of benzene rings is 7. The molecular weight excluding hydrogens is 518 g/mol. The summed E-state index contributed by atoms with van der Waals surface area (Å²) < 4.78 is 8.97. The van der Waals surface area contributed by atoms with E-state index in [0.29, 0.717) is 0 Å². The summed E-state index contributed by atoms with van der Waals surface area (Å²) in [5.74, 6) is 0. The van der Waals surface area contributed by atoms with Gasteiger partial charge in [-0.3, -0.25) is 0 Å². The first kappa shape index (κ1) is 22.7. The molecule has 0 aliphatic carbocycles. The van der Waals surface area contributed by atoms with Crippen molar-refractivity contribution in [2.24, 2.45) is 0 Å². The fourth-order valence-corrected chi connectivity index (χ4v) is 7.60. The average Bonchev–Trinajstić information content (AvgIpc) is 3.59. The van der Waals surface area contributed by atoms with E-state index in [1.807, 2.05) is 23.5 Å². The molecule has 3 heteroatoms. The molecule has 9 aromatic rings. The van der Waals surface area contributed by atoms with Gasteiger partial charge in [0.2, 0.25) is 0 Å². The number of para-hydroxylation sites is 2. The quantitative estimate of drug-likeness (QED) is 0.207. The van der Waals surface area contributed by atoms with E-state index < -0.39 is 0 Å². The molecule has 2 heterocycles. The lowest BCUT2D eigenvalue weighted by molar-refractivity contribution is 0.669. The second-order valence-electron chi connectivity index (χ2n) is 10.6. The summed E-state index contributed by atoms with van der Waals surface area (Å²) in [4.78, 5) is 2.33. The van der Waals surface area contributed by atoms with Crippen molar-refractivity contribution >= 4 is 92.1 Å². The van der Waals surface area contributed by atoms with Crippen LogP contribution in [0.15, 0.2) is 144 Å². The monoisotopic (exact) mass is 541 g/mol. The van der Waals surface area contributed by atoms with E-state index in [4.69, 9.17) is 4.42 Å². The third-order valence-electron chi connectivity index (χ3n) is 8.22. The predicted molar refractivity (Wildman–Crippen MR) is 176 cm³/mol. The molecule has 0 unspecified atom stereocenters. The molecule has 0 bridgehead atoms. The second kappa shape index (κ2) is 8.69. The highest BCUT2D eigenvalue weighted by atomic mass is 32.1. The molecule has 0 aliphatic rings. The number of fused-ring (bicyclic) bond motifs is 10. The Morgan fingerprint density at radius 1 is 0.439 bits per heavy atom. The first-order valence-corrected chi connectivity index (χ1v) is 14.7. The van der Waals surface area contributed by atoms with Gasteiger partial charge in [-0.15, -0.1) is 11.3 Å². The summed E-state index contributed by atoms with van der Waals surface area (Å²) in [5, 5.41) is 10.0. The Bertz CT molecular complexity index is 2430. The van der Waals surface area contributed by atoms with Crippen LogP contribution in [0.25, 0.3) is 63.7 Å².